The van der Waals surface area contributed by atoms with Gasteiger partial charge < -0.3 is 15.2 Å². The molecular weight excluding hydrogens is 339 g/mol. The van der Waals surface area contributed by atoms with Crippen LogP contribution in [-0.4, -0.2) is 35.6 Å². The molecule has 1 aromatic carbocycles. The first-order valence-corrected chi connectivity index (χ1v) is 7.76. The number of carbonyl (C=O) groups is 2. The highest BCUT2D eigenvalue weighted by atomic mass is 19.4. The number of halogens is 3. The molecule has 0 radical (unpaired) electrons. The largest absolute Gasteiger partial charge is 0.459 e. The third kappa shape index (κ3) is 3.41. The smallest absolute Gasteiger partial charge is 0.416 e. The van der Waals surface area contributed by atoms with Gasteiger partial charge in [-0.15, -0.1) is 0 Å². The Morgan fingerprint density at radius 2 is 1.88 bits per heavy atom. The first-order chi connectivity index (χ1) is 11.4. The number of likely N-dealkylation sites (N-methyl/N-ethyl adjacent to an activating group) is 1. The summed E-state index contributed by atoms with van der Waals surface area (Å²) in [6, 6.07) is 4.24. The van der Waals surface area contributed by atoms with Crippen LogP contribution in [0.3, 0.4) is 0 Å². The van der Waals surface area contributed by atoms with E-state index in [0.717, 1.165) is 12.1 Å². The van der Waals surface area contributed by atoms with Crippen molar-refractivity contribution in [2.75, 3.05) is 7.05 Å². The van der Waals surface area contributed by atoms with E-state index in [2.05, 4.69) is 5.32 Å². The van der Waals surface area contributed by atoms with E-state index in [0.29, 0.717) is 5.56 Å². The summed E-state index contributed by atoms with van der Waals surface area (Å²) >= 11 is 0. The van der Waals surface area contributed by atoms with Crippen molar-refractivity contribution in [1.29, 1.82) is 0 Å². The van der Waals surface area contributed by atoms with Crippen molar-refractivity contribution in [3.05, 3.63) is 35.4 Å². The summed E-state index contributed by atoms with van der Waals surface area (Å²) < 4.78 is 43.2. The lowest BCUT2D eigenvalue weighted by Crippen LogP contribution is -2.65. The second-order valence-electron chi connectivity index (χ2n) is 6.34. The quantitative estimate of drug-likeness (QED) is 0.809. The SMILES string of the molecule is CN[C@@]1(c2ccc(C(F)(F)F)cc2)CCC(OC(C)=O)[C@](C)(O)C1=O. The summed E-state index contributed by atoms with van der Waals surface area (Å²) in [5.74, 6) is -1.27. The summed E-state index contributed by atoms with van der Waals surface area (Å²) in [6.45, 7) is 2.43. The summed E-state index contributed by atoms with van der Waals surface area (Å²) in [7, 11) is 1.50. The number of benzene rings is 1. The number of alkyl halides is 3. The van der Waals surface area contributed by atoms with Gasteiger partial charge in [0.25, 0.3) is 0 Å². The van der Waals surface area contributed by atoms with Gasteiger partial charge >= 0.3 is 12.1 Å². The lowest BCUT2D eigenvalue weighted by Gasteiger charge is -2.46. The molecule has 3 atom stereocenters. The van der Waals surface area contributed by atoms with Crippen molar-refractivity contribution in [1.82, 2.24) is 5.32 Å². The molecular formula is C17H20F3NO4. The molecule has 1 unspecified atom stereocenters. The summed E-state index contributed by atoms with van der Waals surface area (Å²) in [5, 5.41) is 13.5. The summed E-state index contributed by atoms with van der Waals surface area (Å²) in [6.07, 6.45) is -5.14. The predicted molar refractivity (Wildman–Crippen MR) is 82.6 cm³/mol. The van der Waals surface area contributed by atoms with Crippen LogP contribution in [0.5, 0.6) is 0 Å². The van der Waals surface area contributed by atoms with Crippen LogP contribution in [0.15, 0.2) is 24.3 Å². The molecule has 0 bridgehead atoms. The number of Topliss-reactive ketones (excluding diaryl/α,β-unsaturated/α-hetero) is 1. The number of aliphatic hydroxyl groups is 1. The Kier molecular flexibility index (Phi) is 4.98. The molecule has 1 saturated carbocycles. The highest BCUT2D eigenvalue weighted by molar-refractivity contribution is 5.97. The molecule has 1 fully saturated rings. The molecule has 0 aliphatic heterocycles. The van der Waals surface area contributed by atoms with E-state index >= 15 is 0 Å². The van der Waals surface area contributed by atoms with E-state index in [9.17, 15) is 27.9 Å². The number of ketones is 1. The van der Waals surface area contributed by atoms with E-state index in [1.165, 1.54) is 33.0 Å². The van der Waals surface area contributed by atoms with Gasteiger partial charge in [0.05, 0.1) is 5.56 Å². The Hall–Kier alpha value is -1.93. The predicted octanol–water partition coefficient (Wildman–Crippen LogP) is 2.17. The minimum absolute atomic E-state index is 0.168. The van der Waals surface area contributed by atoms with Gasteiger partial charge in [0.1, 0.15) is 11.6 Å². The Morgan fingerprint density at radius 3 is 2.32 bits per heavy atom. The average Bonchev–Trinajstić information content (AvgIpc) is 2.52. The Morgan fingerprint density at radius 1 is 1.32 bits per heavy atom. The number of carbonyl (C=O) groups excluding carboxylic acids is 2. The molecule has 138 valence electrons. The van der Waals surface area contributed by atoms with Crippen molar-refractivity contribution < 1.29 is 32.6 Å². The van der Waals surface area contributed by atoms with E-state index in [4.69, 9.17) is 4.74 Å². The number of esters is 1. The second-order valence-corrected chi connectivity index (χ2v) is 6.34. The number of hydrogen-bond acceptors (Lipinski definition) is 5. The lowest BCUT2D eigenvalue weighted by atomic mass is 9.67. The van der Waals surface area contributed by atoms with Crippen LogP contribution in [-0.2, 0) is 26.0 Å². The third-order valence-electron chi connectivity index (χ3n) is 4.70. The average molecular weight is 359 g/mol. The molecule has 0 heterocycles. The molecule has 0 amide bonds. The van der Waals surface area contributed by atoms with Crippen molar-refractivity contribution in [2.24, 2.45) is 0 Å². The summed E-state index contributed by atoms with van der Waals surface area (Å²) in [4.78, 5) is 24.1. The van der Waals surface area contributed by atoms with Gasteiger partial charge in [0.2, 0.25) is 0 Å². The van der Waals surface area contributed by atoms with E-state index in [1.807, 2.05) is 0 Å². The molecule has 1 aliphatic rings. The molecule has 1 aliphatic carbocycles. The van der Waals surface area contributed by atoms with Gasteiger partial charge in [-0.05, 0) is 44.5 Å². The zero-order valence-corrected chi connectivity index (χ0v) is 14.1. The van der Waals surface area contributed by atoms with Crippen molar-refractivity contribution >= 4 is 11.8 Å². The third-order valence-corrected chi connectivity index (χ3v) is 4.70. The molecule has 5 nitrogen and oxygen atoms in total. The van der Waals surface area contributed by atoms with E-state index in [-0.39, 0.29) is 12.8 Å². The molecule has 1 aromatic rings. The number of nitrogens with one attached hydrogen (secondary N) is 1. The van der Waals surface area contributed by atoms with Crippen LogP contribution in [0.2, 0.25) is 0 Å². The first kappa shape index (κ1) is 19.4. The van der Waals surface area contributed by atoms with Gasteiger partial charge in [-0.1, -0.05) is 12.1 Å². The lowest BCUT2D eigenvalue weighted by molar-refractivity contribution is -0.179. The second kappa shape index (κ2) is 6.42. The molecule has 25 heavy (non-hydrogen) atoms. The van der Waals surface area contributed by atoms with Crippen LogP contribution in [0.25, 0.3) is 0 Å². The molecule has 0 spiro atoms. The molecule has 2 rings (SSSR count). The zero-order chi connectivity index (χ0) is 19.0. The Labute approximate surface area is 143 Å². The van der Waals surface area contributed by atoms with Gasteiger partial charge in [-0.3, -0.25) is 9.59 Å². The van der Waals surface area contributed by atoms with Gasteiger partial charge in [0.15, 0.2) is 11.4 Å². The van der Waals surface area contributed by atoms with Gasteiger partial charge in [0, 0.05) is 6.92 Å². The minimum atomic E-state index is -4.48. The van der Waals surface area contributed by atoms with E-state index < -0.39 is 40.7 Å². The fourth-order valence-electron chi connectivity index (χ4n) is 3.30. The zero-order valence-electron chi connectivity index (χ0n) is 14.1. The number of ether oxygens (including phenoxy) is 1. The monoisotopic (exact) mass is 359 g/mol. The number of rotatable bonds is 3. The molecule has 8 heteroatoms. The van der Waals surface area contributed by atoms with Crippen LogP contribution in [0.4, 0.5) is 13.2 Å². The highest BCUT2D eigenvalue weighted by Gasteiger charge is 2.56. The molecule has 2 N–H and O–H groups in total. The summed E-state index contributed by atoms with van der Waals surface area (Å²) in [5.41, 5.74) is -3.83. The molecule has 0 saturated heterocycles. The maximum Gasteiger partial charge on any atom is 0.416 e. The number of hydrogen-bond donors (Lipinski definition) is 2. The molecule has 0 aromatic heterocycles. The van der Waals surface area contributed by atoms with Crippen LogP contribution in [0, 0.1) is 0 Å². The van der Waals surface area contributed by atoms with Crippen LogP contribution >= 0.6 is 0 Å². The maximum absolute atomic E-state index is 12.9. The van der Waals surface area contributed by atoms with Crippen LogP contribution in [0.1, 0.15) is 37.8 Å². The standard InChI is InChI=1S/C17H20F3NO4/c1-10(22)25-13-8-9-16(21-3,14(23)15(13,2)24)11-4-6-12(7-5-11)17(18,19)20/h4-7,13,21,24H,8-9H2,1-3H3/t13?,15-,16+/m0/s1. The van der Waals surface area contributed by atoms with Crippen molar-refractivity contribution in [2.45, 2.75) is 50.1 Å². The Bertz CT molecular complexity index is 669. The maximum atomic E-state index is 12.9. The topological polar surface area (TPSA) is 75.6 Å². The normalized spacial score (nSPS) is 30.2. The van der Waals surface area contributed by atoms with Crippen LogP contribution < -0.4 is 5.32 Å². The van der Waals surface area contributed by atoms with Crippen molar-refractivity contribution in [3.8, 4) is 0 Å². The highest BCUT2D eigenvalue weighted by Crippen LogP contribution is 2.41. The van der Waals surface area contributed by atoms with E-state index in [1.54, 1.807) is 0 Å². The van der Waals surface area contributed by atoms with Crippen molar-refractivity contribution in [3.63, 3.8) is 0 Å². The van der Waals surface area contributed by atoms with Gasteiger partial charge in [-0.25, -0.2) is 0 Å². The fraction of sp³-hybridized carbons (Fsp3) is 0.529. The minimum Gasteiger partial charge on any atom is -0.459 e. The first-order valence-electron chi connectivity index (χ1n) is 7.76. The Balaban J connectivity index is 2.41. The van der Waals surface area contributed by atoms with Gasteiger partial charge in [-0.2, -0.15) is 13.2 Å². The fourth-order valence-corrected chi connectivity index (χ4v) is 3.30.